The molecule has 0 aliphatic carbocycles. The summed E-state index contributed by atoms with van der Waals surface area (Å²) in [6.45, 7) is -0.316. The molecule has 0 bridgehead atoms. The molecule has 0 saturated heterocycles. The Bertz CT molecular complexity index is 515. The van der Waals surface area contributed by atoms with Crippen LogP contribution in [0.15, 0.2) is 23.1 Å². The van der Waals surface area contributed by atoms with E-state index in [-0.39, 0.29) is 22.9 Å². The van der Waals surface area contributed by atoms with Gasteiger partial charge in [-0.25, -0.2) is 12.8 Å². The molecular formula is C10H12FNO3S. The van der Waals surface area contributed by atoms with E-state index < -0.39 is 21.7 Å². The van der Waals surface area contributed by atoms with Crippen LogP contribution >= 0.6 is 0 Å². The van der Waals surface area contributed by atoms with Crippen LogP contribution in [0, 0.1) is 5.82 Å². The molecular weight excluding hydrogens is 233 g/mol. The van der Waals surface area contributed by atoms with Crippen LogP contribution < -0.4 is 4.90 Å². The van der Waals surface area contributed by atoms with Gasteiger partial charge in [-0.15, -0.1) is 0 Å². The second-order valence-corrected chi connectivity index (χ2v) is 5.82. The van der Waals surface area contributed by atoms with E-state index in [0.29, 0.717) is 0 Å². The maximum Gasteiger partial charge on any atom is 0.182 e. The lowest BCUT2D eigenvalue weighted by molar-refractivity contribution is 0.268. The highest BCUT2D eigenvalue weighted by Crippen LogP contribution is 2.34. The van der Waals surface area contributed by atoms with Crippen LogP contribution in [0.3, 0.4) is 0 Å². The Kier molecular flexibility index (Phi) is 2.63. The molecule has 1 N–H and O–H groups in total. The Morgan fingerprint density at radius 3 is 2.88 bits per heavy atom. The van der Waals surface area contributed by atoms with E-state index in [2.05, 4.69) is 0 Å². The van der Waals surface area contributed by atoms with Gasteiger partial charge in [-0.05, 0) is 12.1 Å². The highest BCUT2D eigenvalue weighted by molar-refractivity contribution is 7.91. The number of sulfone groups is 1. The summed E-state index contributed by atoms with van der Waals surface area (Å²) in [7, 11) is -1.92. The number of rotatable bonds is 1. The van der Waals surface area contributed by atoms with Crippen molar-refractivity contribution in [2.24, 2.45) is 0 Å². The van der Waals surface area contributed by atoms with Crippen molar-refractivity contribution in [2.45, 2.75) is 10.9 Å². The normalized spacial score (nSPS) is 22.9. The average Bonchev–Trinajstić information content (AvgIpc) is 2.23. The smallest absolute Gasteiger partial charge is 0.182 e. The Balaban J connectivity index is 2.68. The summed E-state index contributed by atoms with van der Waals surface area (Å²) in [5.74, 6) is -0.766. The summed E-state index contributed by atoms with van der Waals surface area (Å²) >= 11 is 0. The minimum absolute atomic E-state index is 0.000278. The Hall–Kier alpha value is -1.14. The highest BCUT2D eigenvalue weighted by Gasteiger charge is 2.35. The van der Waals surface area contributed by atoms with Crippen molar-refractivity contribution in [3.05, 3.63) is 24.0 Å². The molecule has 0 aromatic heterocycles. The molecule has 0 spiro atoms. The third-order valence-corrected chi connectivity index (χ3v) is 4.63. The van der Waals surface area contributed by atoms with Gasteiger partial charge in [-0.3, -0.25) is 0 Å². The highest BCUT2D eigenvalue weighted by atomic mass is 32.2. The fraction of sp³-hybridized carbons (Fsp3) is 0.400. The first kappa shape index (κ1) is 11.3. The van der Waals surface area contributed by atoms with Crippen LogP contribution in [0.25, 0.3) is 0 Å². The van der Waals surface area contributed by atoms with Gasteiger partial charge in [0, 0.05) is 7.05 Å². The monoisotopic (exact) mass is 245 g/mol. The average molecular weight is 245 g/mol. The second-order valence-electron chi connectivity index (χ2n) is 3.82. The minimum atomic E-state index is -3.50. The number of likely N-dealkylation sites (N-methyl/N-ethyl adjacent to an activating group) is 1. The first-order valence-electron chi connectivity index (χ1n) is 4.82. The maximum atomic E-state index is 13.6. The summed E-state index contributed by atoms with van der Waals surface area (Å²) < 4.78 is 37.3. The molecule has 1 unspecified atom stereocenters. The van der Waals surface area contributed by atoms with Crippen molar-refractivity contribution in [1.82, 2.24) is 0 Å². The van der Waals surface area contributed by atoms with Gasteiger partial charge in [0.05, 0.1) is 29.0 Å². The molecule has 0 saturated carbocycles. The van der Waals surface area contributed by atoms with Crippen LogP contribution in [0.2, 0.25) is 0 Å². The van der Waals surface area contributed by atoms with Gasteiger partial charge in [0.2, 0.25) is 0 Å². The van der Waals surface area contributed by atoms with Crippen molar-refractivity contribution in [3.8, 4) is 0 Å². The predicted octanol–water partition coefficient (Wildman–Crippen LogP) is 0.410. The number of fused-ring (bicyclic) bond motifs is 1. The maximum absolute atomic E-state index is 13.6. The van der Waals surface area contributed by atoms with Gasteiger partial charge < -0.3 is 10.0 Å². The van der Waals surface area contributed by atoms with E-state index in [1.807, 2.05) is 0 Å². The molecule has 0 fully saturated rings. The fourth-order valence-corrected chi connectivity index (χ4v) is 3.74. The van der Waals surface area contributed by atoms with E-state index in [4.69, 9.17) is 5.11 Å². The van der Waals surface area contributed by atoms with E-state index in [9.17, 15) is 12.8 Å². The van der Waals surface area contributed by atoms with Crippen molar-refractivity contribution < 1.29 is 17.9 Å². The van der Waals surface area contributed by atoms with Crippen molar-refractivity contribution in [1.29, 1.82) is 0 Å². The van der Waals surface area contributed by atoms with Crippen molar-refractivity contribution >= 4 is 15.5 Å². The molecule has 1 aromatic rings. The van der Waals surface area contributed by atoms with Crippen molar-refractivity contribution in [3.63, 3.8) is 0 Å². The van der Waals surface area contributed by atoms with Crippen LogP contribution in [0.4, 0.5) is 10.1 Å². The largest absolute Gasteiger partial charge is 0.394 e. The van der Waals surface area contributed by atoms with Crippen LogP contribution in [-0.4, -0.2) is 39.0 Å². The van der Waals surface area contributed by atoms with Gasteiger partial charge in [-0.2, -0.15) is 0 Å². The van der Waals surface area contributed by atoms with E-state index >= 15 is 0 Å². The molecule has 1 atom stereocenters. The zero-order valence-electron chi connectivity index (χ0n) is 8.72. The first-order valence-corrected chi connectivity index (χ1v) is 6.47. The van der Waals surface area contributed by atoms with Gasteiger partial charge >= 0.3 is 0 Å². The zero-order valence-corrected chi connectivity index (χ0v) is 9.54. The third-order valence-electron chi connectivity index (χ3n) is 2.81. The van der Waals surface area contributed by atoms with Gasteiger partial charge in [0.15, 0.2) is 9.84 Å². The molecule has 0 radical (unpaired) electrons. The first-order chi connectivity index (χ1) is 7.47. The third kappa shape index (κ3) is 1.58. The summed E-state index contributed by atoms with van der Waals surface area (Å²) in [6.07, 6.45) is 0. The Morgan fingerprint density at radius 1 is 1.56 bits per heavy atom. The lowest BCUT2D eigenvalue weighted by Gasteiger charge is -2.34. The number of aliphatic hydroxyl groups excluding tert-OH is 1. The number of hydrogen-bond donors (Lipinski definition) is 1. The Labute approximate surface area is 93.2 Å². The second kappa shape index (κ2) is 3.71. The van der Waals surface area contributed by atoms with Crippen LogP contribution in [0.5, 0.6) is 0 Å². The molecule has 88 valence electrons. The summed E-state index contributed by atoms with van der Waals surface area (Å²) in [4.78, 5) is 1.48. The summed E-state index contributed by atoms with van der Waals surface area (Å²) in [6, 6.07) is 3.38. The number of halogens is 1. The lowest BCUT2D eigenvalue weighted by atomic mass is 10.2. The summed E-state index contributed by atoms with van der Waals surface area (Å²) in [5.41, 5.74) is 0.0489. The molecule has 1 aromatic carbocycles. The molecule has 16 heavy (non-hydrogen) atoms. The van der Waals surface area contributed by atoms with E-state index in [1.54, 1.807) is 7.05 Å². The minimum Gasteiger partial charge on any atom is -0.394 e. The molecule has 4 nitrogen and oxygen atoms in total. The summed E-state index contributed by atoms with van der Waals surface area (Å²) in [5, 5.41) is 9.08. The van der Waals surface area contributed by atoms with Crippen LogP contribution in [0.1, 0.15) is 0 Å². The quantitative estimate of drug-likeness (QED) is 0.778. The molecule has 1 aliphatic rings. The molecule has 1 aliphatic heterocycles. The van der Waals surface area contributed by atoms with Gasteiger partial charge in [0.1, 0.15) is 5.82 Å². The van der Waals surface area contributed by atoms with Gasteiger partial charge in [0.25, 0.3) is 0 Å². The molecule has 1 heterocycles. The number of nitrogens with zero attached hydrogens (tertiary/aromatic N) is 1. The molecule has 2 rings (SSSR count). The molecule has 0 amide bonds. The number of aliphatic hydroxyl groups is 1. The predicted molar refractivity (Wildman–Crippen MR) is 57.7 cm³/mol. The van der Waals surface area contributed by atoms with Gasteiger partial charge in [-0.1, -0.05) is 6.07 Å². The van der Waals surface area contributed by atoms with Crippen molar-refractivity contribution in [2.75, 3.05) is 24.3 Å². The van der Waals surface area contributed by atoms with Crippen LogP contribution in [-0.2, 0) is 9.84 Å². The number of hydrogen-bond acceptors (Lipinski definition) is 4. The van der Waals surface area contributed by atoms with E-state index in [0.717, 1.165) is 0 Å². The lowest BCUT2D eigenvalue weighted by Crippen LogP contribution is -2.45. The SMILES string of the molecule is CN1c2c(F)cccc2S(=O)(=O)CC1CO. The fourth-order valence-electron chi connectivity index (χ4n) is 1.90. The number of para-hydroxylation sites is 1. The standard InChI is InChI=1S/C10H12FNO3S/c1-12-7(5-13)6-16(14,15)9-4-2-3-8(11)10(9)12/h2-4,7,13H,5-6H2,1H3. The number of benzene rings is 1. The zero-order chi connectivity index (χ0) is 11.9. The number of anilines is 1. The Morgan fingerprint density at radius 2 is 2.25 bits per heavy atom. The topological polar surface area (TPSA) is 57.6 Å². The van der Waals surface area contributed by atoms with E-state index in [1.165, 1.54) is 23.1 Å². The molecule has 6 heteroatoms.